The molecule has 2 saturated heterocycles. The highest BCUT2D eigenvalue weighted by Crippen LogP contribution is 2.27. The Balaban J connectivity index is 1.51. The lowest BCUT2D eigenvalue weighted by Gasteiger charge is -2.45. The van der Waals surface area contributed by atoms with Crippen molar-refractivity contribution in [2.45, 2.75) is 52.5 Å². The van der Waals surface area contributed by atoms with E-state index in [4.69, 9.17) is 0 Å². The van der Waals surface area contributed by atoms with E-state index >= 15 is 0 Å². The molecular weight excluding hydrogens is 362 g/mol. The summed E-state index contributed by atoms with van der Waals surface area (Å²) in [5.41, 5.74) is 1.82. The molecule has 0 saturated carbocycles. The van der Waals surface area contributed by atoms with E-state index in [1.54, 1.807) is 6.08 Å². The summed E-state index contributed by atoms with van der Waals surface area (Å²) in [6.45, 7) is 12.6. The summed E-state index contributed by atoms with van der Waals surface area (Å²) in [7, 11) is 0. The molecule has 5 heteroatoms. The van der Waals surface area contributed by atoms with E-state index in [9.17, 15) is 9.59 Å². The fourth-order valence-electron chi connectivity index (χ4n) is 4.49. The fourth-order valence-corrected chi connectivity index (χ4v) is 4.49. The monoisotopic (exact) mass is 397 g/mol. The van der Waals surface area contributed by atoms with Crippen LogP contribution in [0.15, 0.2) is 30.3 Å². The van der Waals surface area contributed by atoms with Gasteiger partial charge in [0.05, 0.1) is 0 Å². The van der Waals surface area contributed by atoms with Gasteiger partial charge in [0.25, 0.3) is 0 Å². The number of hydrogen-bond acceptors (Lipinski definition) is 3. The van der Waals surface area contributed by atoms with E-state index in [0.717, 1.165) is 37.3 Å². The smallest absolute Gasteiger partial charge is 0.244 e. The molecule has 1 N–H and O–H groups in total. The molecule has 158 valence electrons. The van der Waals surface area contributed by atoms with E-state index < -0.39 is 0 Å². The van der Waals surface area contributed by atoms with Crippen molar-refractivity contribution in [3.05, 3.63) is 35.9 Å². The van der Waals surface area contributed by atoms with Crippen LogP contribution in [0, 0.1) is 11.8 Å². The number of piperidine rings is 1. The van der Waals surface area contributed by atoms with Crippen LogP contribution in [-0.2, 0) is 9.59 Å². The van der Waals surface area contributed by atoms with Gasteiger partial charge in [0, 0.05) is 49.9 Å². The van der Waals surface area contributed by atoms with Crippen molar-refractivity contribution in [2.75, 3.05) is 31.1 Å². The summed E-state index contributed by atoms with van der Waals surface area (Å²) in [5.74, 6) is 1.52. The standard InChI is InChI=1S/C24H35N3O2/c1-18-14-19(2)16-26(15-18)24(3,4)17-25-22(28)12-9-20-7-10-21(11-8-20)27-13-5-6-23(27)29/h7-12,18-19H,5-6,13-17H2,1-4H3,(H,25,28)/b12-9+. The largest absolute Gasteiger partial charge is 0.351 e. The van der Waals surface area contributed by atoms with Crippen LogP contribution in [0.4, 0.5) is 5.69 Å². The SMILES string of the molecule is CC1CC(C)CN(C(C)(C)CNC(=O)/C=C/c2ccc(N3CCCC3=O)cc2)C1. The third-order valence-corrected chi connectivity index (χ3v) is 6.13. The number of carbonyl (C=O) groups is 2. The molecule has 2 aliphatic rings. The molecule has 0 bridgehead atoms. The van der Waals surface area contributed by atoms with Crippen molar-refractivity contribution in [1.82, 2.24) is 10.2 Å². The molecular formula is C24H35N3O2. The van der Waals surface area contributed by atoms with Crippen LogP contribution in [-0.4, -0.2) is 48.4 Å². The molecule has 0 radical (unpaired) electrons. The van der Waals surface area contributed by atoms with Gasteiger partial charge in [-0.2, -0.15) is 0 Å². The van der Waals surface area contributed by atoms with Gasteiger partial charge in [0.1, 0.15) is 0 Å². The molecule has 0 aliphatic carbocycles. The van der Waals surface area contributed by atoms with Crippen molar-refractivity contribution >= 4 is 23.6 Å². The summed E-state index contributed by atoms with van der Waals surface area (Å²) in [6, 6.07) is 7.79. The number of nitrogens with zero attached hydrogens (tertiary/aromatic N) is 2. The lowest BCUT2D eigenvalue weighted by Crippen LogP contribution is -2.56. The first-order valence-corrected chi connectivity index (χ1v) is 10.9. The third-order valence-electron chi connectivity index (χ3n) is 6.13. The van der Waals surface area contributed by atoms with Crippen LogP contribution >= 0.6 is 0 Å². The normalized spacial score (nSPS) is 23.7. The Hall–Kier alpha value is -2.14. The molecule has 29 heavy (non-hydrogen) atoms. The van der Waals surface area contributed by atoms with Gasteiger partial charge in [-0.15, -0.1) is 0 Å². The summed E-state index contributed by atoms with van der Waals surface area (Å²) >= 11 is 0. The molecule has 2 amide bonds. The second-order valence-corrected chi connectivity index (χ2v) is 9.46. The number of carbonyl (C=O) groups excluding carboxylic acids is 2. The molecule has 0 spiro atoms. The Kier molecular flexibility index (Phi) is 6.78. The second-order valence-electron chi connectivity index (χ2n) is 9.46. The van der Waals surface area contributed by atoms with Crippen LogP contribution in [0.2, 0.25) is 0 Å². The number of nitrogens with one attached hydrogen (secondary N) is 1. The highest BCUT2D eigenvalue weighted by Gasteiger charge is 2.32. The lowest BCUT2D eigenvalue weighted by molar-refractivity contribution is -0.117. The summed E-state index contributed by atoms with van der Waals surface area (Å²) < 4.78 is 0. The Morgan fingerprint density at radius 2 is 1.83 bits per heavy atom. The summed E-state index contributed by atoms with van der Waals surface area (Å²) in [5, 5.41) is 3.06. The van der Waals surface area contributed by atoms with Gasteiger partial charge in [-0.3, -0.25) is 14.5 Å². The maximum atomic E-state index is 12.3. The van der Waals surface area contributed by atoms with E-state index in [1.807, 2.05) is 35.2 Å². The van der Waals surface area contributed by atoms with Gasteiger partial charge in [0.2, 0.25) is 11.8 Å². The van der Waals surface area contributed by atoms with Crippen molar-refractivity contribution in [3.8, 4) is 0 Å². The first-order valence-electron chi connectivity index (χ1n) is 10.9. The first kappa shape index (κ1) is 21.6. The first-order chi connectivity index (χ1) is 13.7. The third kappa shape index (κ3) is 5.69. The molecule has 5 nitrogen and oxygen atoms in total. The average Bonchev–Trinajstić information content (AvgIpc) is 3.10. The maximum absolute atomic E-state index is 12.3. The Bertz CT molecular complexity index is 744. The molecule has 1 aromatic carbocycles. The molecule has 1 aromatic rings. The minimum atomic E-state index is -0.0741. The molecule has 2 unspecified atom stereocenters. The fraction of sp³-hybridized carbons (Fsp3) is 0.583. The summed E-state index contributed by atoms with van der Waals surface area (Å²) in [4.78, 5) is 28.5. The van der Waals surface area contributed by atoms with E-state index in [1.165, 1.54) is 6.42 Å². The lowest BCUT2D eigenvalue weighted by atomic mass is 9.88. The topological polar surface area (TPSA) is 52.7 Å². The van der Waals surface area contributed by atoms with Gasteiger partial charge in [-0.25, -0.2) is 0 Å². The number of anilines is 1. The maximum Gasteiger partial charge on any atom is 0.244 e. The van der Waals surface area contributed by atoms with E-state index in [-0.39, 0.29) is 17.4 Å². The van der Waals surface area contributed by atoms with Gasteiger partial charge >= 0.3 is 0 Å². The number of rotatable bonds is 6. The molecule has 3 rings (SSSR count). The highest BCUT2D eigenvalue weighted by atomic mass is 16.2. The van der Waals surface area contributed by atoms with Gasteiger partial charge in [-0.1, -0.05) is 26.0 Å². The van der Waals surface area contributed by atoms with Crippen molar-refractivity contribution < 1.29 is 9.59 Å². The predicted molar refractivity (Wildman–Crippen MR) is 119 cm³/mol. The number of amides is 2. The second kappa shape index (κ2) is 9.12. The van der Waals surface area contributed by atoms with Crippen molar-refractivity contribution in [2.24, 2.45) is 11.8 Å². The number of hydrogen-bond donors (Lipinski definition) is 1. The van der Waals surface area contributed by atoms with Crippen LogP contribution in [0.3, 0.4) is 0 Å². The van der Waals surface area contributed by atoms with Crippen molar-refractivity contribution in [1.29, 1.82) is 0 Å². The van der Waals surface area contributed by atoms with Crippen LogP contribution < -0.4 is 10.2 Å². The van der Waals surface area contributed by atoms with E-state index in [2.05, 4.69) is 37.9 Å². The number of likely N-dealkylation sites (tertiary alicyclic amines) is 1. The molecule has 2 aliphatic heterocycles. The van der Waals surface area contributed by atoms with Crippen LogP contribution in [0.5, 0.6) is 0 Å². The zero-order valence-corrected chi connectivity index (χ0v) is 18.3. The minimum Gasteiger partial charge on any atom is -0.351 e. The number of benzene rings is 1. The van der Waals surface area contributed by atoms with Crippen molar-refractivity contribution in [3.63, 3.8) is 0 Å². The highest BCUT2D eigenvalue weighted by molar-refractivity contribution is 5.95. The molecule has 2 heterocycles. The molecule has 2 fully saturated rings. The Labute approximate surface area is 175 Å². The van der Waals surface area contributed by atoms with Gasteiger partial charge < -0.3 is 10.2 Å². The van der Waals surface area contributed by atoms with Gasteiger partial charge in [0.15, 0.2) is 0 Å². The van der Waals surface area contributed by atoms with Gasteiger partial charge in [-0.05, 0) is 62.3 Å². The molecule has 0 aromatic heterocycles. The predicted octanol–water partition coefficient (Wildman–Crippen LogP) is 3.70. The zero-order valence-electron chi connectivity index (χ0n) is 18.3. The Morgan fingerprint density at radius 3 is 2.41 bits per heavy atom. The van der Waals surface area contributed by atoms with Crippen LogP contribution in [0.1, 0.15) is 52.5 Å². The minimum absolute atomic E-state index is 0.0592. The summed E-state index contributed by atoms with van der Waals surface area (Å²) in [6.07, 6.45) is 6.25. The van der Waals surface area contributed by atoms with E-state index in [0.29, 0.717) is 24.8 Å². The molecule has 2 atom stereocenters. The quantitative estimate of drug-likeness (QED) is 0.745. The van der Waals surface area contributed by atoms with Crippen LogP contribution in [0.25, 0.3) is 6.08 Å². The average molecular weight is 398 g/mol. The zero-order chi connectivity index (χ0) is 21.0. The Morgan fingerprint density at radius 1 is 1.17 bits per heavy atom.